The number of aryl methyl sites for hydroxylation is 1. The van der Waals surface area contributed by atoms with Crippen molar-refractivity contribution in [3.8, 4) is 6.07 Å². The predicted molar refractivity (Wildman–Crippen MR) is 46.6 cm³/mol. The van der Waals surface area contributed by atoms with Crippen LogP contribution in [0.4, 0.5) is 0 Å². The van der Waals surface area contributed by atoms with Crippen molar-refractivity contribution in [1.82, 2.24) is 15.2 Å². The molecule has 0 aliphatic heterocycles. The highest BCUT2D eigenvalue weighted by atomic mass is 32.2. The van der Waals surface area contributed by atoms with Crippen LogP contribution in [0, 0.1) is 24.2 Å². The normalized spacial score (nSPS) is 12.4. The van der Waals surface area contributed by atoms with Crippen molar-refractivity contribution in [2.24, 2.45) is 5.92 Å². The number of nitriles is 1. The number of nitrogens with one attached hydrogen (secondary N) is 1. The molecule has 1 heterocycles. The number of aromatic nitrogens is 3. The van der Waals surface area contributed by atoms with Gasteiger partial charge in [0.05, 0.1) is 12.0 Å². The summed E-state index contributed by atoms with van der Waals surface area (Å²) < 4.78 is 0. The smallest absolute Gasteiger partial charge is 0.208 e. The van der Waals surface area contributed by atoms with Gasteiger partial charge in [0.25, 0.3) is 0 Å². The van der Waals surface area contributed by atoms with E-state index < -0.39 is 0 Å². The highest BCUT2D eigenvalue weighted by molar-refractivity contribution is 7.99. The van der Waals surface area contributed by atoms with Gasteiger partial charge < -0.3 is 0 Å². The van der Waals surface area contributed by atoms with Gasteiger partial charge in [-0.15, -0.1) is 5.10 Å². The van der Waals surface area contributed by atoms with Gasteiger partial charge >= 0.3 is 0 Å². The van der Waals surface area contributed by atoms with Crippen molar-refractivity contribution in [2.45, 2.75) is 19.0 Å². The molecule has 0 radical (unpaired) electrons. The van der Waals surface area contributed by atoms with Crippen LogP contribution in [0.2, 0.25) is 0 Å². The molecule has 1 aromatic heterocycles. The molecule has 0 aromatic carbocycles. The fourth-order valence-electron chi connectivity index (χ4n) is 0.624. The van der Waals surface area contributed by atoms with Gasteiger partial charge in [-0.3, -0.25) is 5.10 Å². The summed E-state index contributed by atoms with van der Waals surface area (Å²) in [5, 5.41) is 15.9. The Morgan fingerprint density at radius 1 is 1.75 bits per heavy atom. The molecule has 0 amide bonds. The zero-order valence-electron chi connectivity index (χ0n) is 7.03. The minimum Gasteiger partial charge on any atom is -0.262 e. The number of aromatic amines is 1. The lowest BCUT2D eigenvalue weighted by atomic mass is 10.3. The monoisotopic (exact) mass is 182 g/mol. The molecule has 0 bridgehead atoms. The van der Waals surface area contributed by atoms with E-state index in [9.17, 15) is 0 Å². The van der Waals surface area contributed by atoms with E-state index >= 15 is 0 Å². The summed E-state index contributed by atoms with van der Waals surface area (Å²) in [5.41, 5.74) is 0. The standard InChI is InChI=1S/C7H10N4S/c1-5(3-8)4-12-7-9-6(2)10-11-7/h5H,4H2,1-2H3,(H,9,10,11). The first kappa shape index (κ1) is 9.07. The fourth-order valence-corrected chi connectivity index (χ4v) is 1.41. The van der Waals surface area contributed by atoms with Crippen LogP contribution in [-0.4, -0.2) is 20.9 Å². The van der Waals surface area contributed by atoms with Gasteiger partial charge in [-0.1, -0.05) is 11.8 Å². The highest BCUT2D eigenvalue weighted by Crippen LogP contribution is 2.15. The summed E-state index contributed by atoms with van der Waals surface area (Å²) in [6.07, 6.45) is 0. The molecule has 1 aromatic rings. The second-order valence-corrected chi connectivity index (χ2v) is 3.53. The van der Waals surface area contributed by atoms with Crippen LogP contribution in [0.25, 0.3) is 0 Å². The summed E-state index contributed by atoms with van der Waals surface area (Å²) in [6.45, 7) is 3.73. The van der Waals surface area contributed by atoms with Crippen LogP contribution < -0.4 is 0 Å². The van der Waals surface area contributed by atoms with Crippen molar-refractivity contribution in [2.75, 3.05) is 5.75 Å². The largest absolute Gasteiger partial charge is 0.262 e. The summed E-state index contributed by atoms with van der Waals surface area (Å²) in [7, 11) is 0. The number of rotatable bonds is 3. The van der Waals surface area contributed by atoms with E-state index in [-0.39, 0.29) is 5.92 Å². The average Bonchev–Trinajstić information content (AvgIpc) is 2.47. The van der Waals surface area contributed by atoms with Gasteiger partial charge in [-0.2, -0.15) is 5.26 Å². The summed E-state index contributed by atoms with van der Waals surface area (Å²) in [6, 6.07) is 2.16. The molecule has 12 heavy (non-hydrogen) atoms. The van der Waals surface area contributed by atoms with Crippen molar-refractivity contribution in [1.29, 1.82) is 5.26 Å². The molecule has 1 atom stereocenters. The Bertz CT molecular complexity index is 288. The molecule has 0 saturated heterocycles. The van der Waals surface area contributed by atoms with E-state index in [1.165, 1.54) is 11.8 Å². The van der Waals surface area contributed by atoms with Gasteiger partial charge in [-0.25, -0.2) is 4.98 Å². The van der Waals surface area contributed by atoms with Crippen molar-refractivity contribution >= 4 is 11.8 Å². The highest BCUT2D eigenvalue weighted by Gasteiger charge is 2.04. The molecule has 1 rings (SSSR count). The van der Waals surface area contributed by atoms with Gasteiger partial charge in [0.2, 0.25) is 5.16 Å². The van der Waals surface area contributed by atoms with Crippen LogP contribution in [0.15, 0.2) is 5.16 Å². The zero-order valence-corrected chi connectivity index (χ0v) is 7.85. The summed E-state index contributed by atoms with van der Waals surface area (Å²) in [4.78, 5) is 4.10. The van der Waals surface area contributed by atoms with Crippen LogP contribution in [0.3, 0.4) is 0 Å². The molecule has 0 aliphatic rings. The van der Waals surface area contributed by atoms with Crippen molar-refractivity contribution in [3.63, 3.8) is 0 Å². The van der Waals surface area contributed by atoms with E-state index in [0.717, 1.165) is 16.7 Å². The lowest BCUT2D eigenvalue weighted by molar-refractivity contribution is 0.857. The maximum atomic E-state index is 8.51. The van der Waals surface area contributed by atoms with E-state index in [0.29, 0.717) is 0 Å². The first-order valence-electron chi connectivity index (χ1n) is 3.64. The molecule has 0 saturated carbocycles. The minimum absolute atomic E-state index is 0.0498. The van der Waals surface area contributed by atoms with Crippen LogP contribution in [0.5, 0.6) is 0 Å². The van der Waals surface area contributed by atoms with Crippen molar-refractivity contribution in [3.05, 3.63) is 5.82 Å². The van der Waals surface area contributed by atoms with Gasteiger partial charge in [0, 0.05) is 5.75 Å². The Balaban J connectivity index is 2.39. The molecule has 0 spiro atoms. The molecule has 1 unspecified atom stereocenters. The summed E-state index contributed by atoms with van der Waals surface area (Å²) >= 11 is 1.50. The second kappa shape index (κ2) is 4.12. The third kappa shape index (κ3) is 2.55. The van der Waals surface area contributed by atoms with Gasteiger partial charge in [0.1, 0.15) is 5.82 Å². The van der Waals surface area contributed by atoms with E-state index in [2.05, 4.69) is 21.3 Å². The number of hydrogen-bond donors (Lipinski definition) is 1. The number of nitrogens with zero attached hydrogens (tertiary/aromatic N) is 3. The topological polar surface area (TPSA) is 65.4 Å². The third-order valence-corrected chi connectivity index (χ3v) is 2.37. The fraction of sp³-hybridized carbons (Fsp3) is 0.571. The Hall–Kier alpha value is -1.02. The van der Waals surface area contributed by atoms with Crippen molar-refractivity contribution < 1.29 is 0 Å². The van der Waals surface area contributed by atoms with E-state index in [1.807, 2.05) is 13.8 Å². The minimum atomic E-state index is 0.0498. The number of hydrogen-bond acceptors (Lipinski definition) is 4. The molecule has 0 fully saturated rings. The Morgan fingerprint density at radius 3 is 3.00 bits per heavy atom. The third-order valence-electron chi connectivity index (χ3n) is 1.26. The second-order valence-electron chi connectivity index (χ2n) is 2.54. The SMILES string of the molecule is Cc1nc(SCC(C)C#N)n[nH]1. The lowest BCUT2D eigenvalue weighted by Crippen LogP contribution is -1.93. The van der Waals surface area contributed by atoms with Gasteiger partial charge in [0.15, 0.2) is 0 Å². The van der Waals surface area contributed by atoms with Crippen LogP contribution in [0.1, 0.15) is 12.7 Å². The number of thioether (sulfide) groups is 1. The number of H-pyrrole nitrogens is 1. The Kier molecular flexibility index (Phi) is 3.11. The molecule has 4 nitrogen and oxygen atoms in total. The molecular weight excluding hydrogens is 172 g/mol. The van der Waals surface area contributed by atoms with Gasteiger partial charge in [-0.05, 0) is 13.8 Å². The lowest BCUT2D eigenvalue weighted by Gasteiger charge is -1.96. The van der Waals surface area contributed by atoms with E-state index in [4.69, 9.17) is 5.26 Å². The molecule has 0 aliphatic carbocycles. The quantitative estimate of drug-likeness (QED) is 0.717. The molecular formula is C7H10N4S. The molecule has 64 valence electrons. The summed E-state index contributed by atoms with van der Waals surface area (Å²) in [5.74, 6) is 1.60. The Labute approximate surface area is 75.4 Å². The molecule has 5 heteroatoms. The zero-order chi connectivity index (χ0) is 8.97. The maximum absolute atomic E-state index is 8.51. The van der Waals surface area contributed by atoms with Crippen LogP contribution >= 0.6 is 11.8 Å². The molecule has 1 N–H and O–H groups in total. The first-order valence-corrected chi connectivity index (χ1v) is 4.62. The predicted octanol–water partition coefficient (Wildman–Crippen LogP) is 1.36. The average molecular weight is 182 g/mol. The Morgan fingerprint density at radius 2 is 2.50 bits per heavy atom. The first-order chi connectivity index (χ1) is 5.72. The maximum Gasteiger partial charge on any atom is 0.208 e. The van der Waals surface area contributed by atoms with Crippen LogP contribution in [-0.2, 0) is 0 Å². The van der Waals surface area contributed by atoms with E-state index in [1.54, 1.807) is 0 Å².